The fourth-order valence-electron chi connectivity index (χ4n) is 0.962. The molecule has 1 heterocycles. The molecule has 0 spiro atoms. The Morgan fingerprint density at radius 1 is 1.53 bits per heavy atom. The van der Waals surface area contributed by atoms with Gasteiger partial charge in [-0.1, -0.05) is 11.8 Å². The van der Waals surface area contributed by atoms with Crippen LogP contribution in [0.15, 0.2) is 11.2 Å². The number of thioether (sulfide) groups is 1. The Kier molecular flexibility index (Phi) is 4.60. The highest BCUT2D eigenvalue weighted by atomic mass is 32.2. The van der Waals surface area contributed by atoms with Gasteiger partial charge in [-0.15, -0.1) is 0 Å². The Labute approximate surface area is 92.7 Å². The van der Waals surface area contributed by atoms with Crippen molar-refractivity contribution in [3.05, 3.63) is 6.07 Å². The first-order valence-corrected chi connectivity index (χ1v) is 5.69. The Balaban J connectivity index is 2.86. The largest absolute Gasteiger partial charge is 0.394 e. The molecule has 5 N–H and O–H groups in total. The number of anilines is 2. The number of hydrogen-bond donors (Lipinski definition) is 4. The summed E-state index contributed by atoms with van der Waals surface area (Å²) in [6, 6.07) is 1.63. The third-order valence-corrected chi connectivity index (χ3v) is 2.25. The molecule has 1 aromatic heterocycles. The molecule has 1 atom stereocenters. The van der Waals surface area contributed by atoms with E-state index in [1.54, 1.807) is 6.07 Å². The van der Waals surface area contributed by atoms with Crippen LogP contribution in [-0.2, 0) is 0 Å². The quantitative estimate of drug-likeness (QED) is 0.249. The van der Waals surface area contributed by atoms with Crippen molar-refractivity contribution < 1.29 is 5.11 Å². The Morgan fingerprint density at radius 2 is 2.20 bits per heavy atom. The summed E-state index contributed by atoms with van der Waals surface area (Å²) < 4.78 is 0. The molecule has 7 heteroatoms. The summed E-state index contributed by atoms with van der Waals surface area (Å²) in [4.78, 5) is 8.34. The minimum absolute atomic E-state index is 0.0456. The smallest absolute Gasteiger partial charge is 0.191 e. The molecule has 0 aliphatic heterocycles. The van der Waals surface area contributed by atoms with E-state index in [9.17, 15) is 0 Å². The van der Waals surface area contributed by atoms with Gasteiger partial charge in [0.1, 0.15) is 11.6 Å². The van der Waals surface area contributed by atoms with Crippen molar-refractivity contribution in [3.8, 4) is 0 Å². The number of rotatable bonds is 5. The topological polar surface area (TPSA) is 96.1 Å². The van der Waals surface area contributed by atoms with E-state index in [0.29, 0.717) is 16.8 Å². The van der Waals surface area contributed by atoms with Gasteiger partial charge in [-0.25, -0.2) is 15.8 Å². The van der Waals surface area contributed by atoms with Gasteiger partial charge in [0.15, 0.2) is 5.16 Å². The van der Waals surface area contributed by atoms with Crippen molar-refractivity contribution in [3.63, 3.8) is 0 Å². The van der Waals surface area contributed by atoms with Gasteiger partial charge >= 0.3 is 0 Å². The maximum absolute atomic E-state index is 8.90. The fraction of sp³-hybridized carbons (Fsp3) is 0.500. The van der Waals surface area contributed by atoms with Crippen LogP contribution in [0, 0.1) is 0 Å². The molecule has 0 radical (unpaired) electrons. The summed E-state index contributed by atoms with van der Waals surface area (Å²) in [5.41, 5.74) is 2.47. The molecule has 0 saturated carbocycles. The second-order valence-corrected chi connectivity index (χ2v) is 3.77. The molecular weight excluding hydrogens is 214 g/mol. The lowest BCUT2D eigenvalue weighted by Gasteiger charge is -2.12. The third kappa shape index (κ3) is 3.54. The number of nitrogens with zero attached hydrogens (tertiary/aromatic N) is 2. The van der Waals surface area contributed by atoms with Crippen LogP contribution in [-0.4, -0.2) is 34.0 Å². The van der Waals surface area contributed by atoms with Crippen molar-refractivity contribution in [2.45, 2.75) is 18.1 Å². The van der Waals surface area contributed by atoms with Crippen LogP contribution < -0.4 is 16.6 Å². The van der Waals surface area contributed by atoms with Crippen LogP contribution in [0.25, 0.3) is 0 Å². The zero-order chi connectivity index (χ0) is 11.3. The standard InChI is InChI=1S/C8H15N5OS/c1-5(4-14)10-6-3-7(13-9)12-8(11-6)15-2/h3,5,14H,4,9H2,1-2H3,(H2,10,11,12,13). The molecular formula is C8H15N5OS. The van der Waals surface area contributed by atoms with Crippen LogP contribution in [0.3, 0.4) is 0 Å². The van der Waals surface area contributed by atoms with Crippen LogP contribution in [0.1, 0.15) is 6.92 Å². The van der Waals surface area contributed by atoms with E-state index in [4.69, 9.17) is 10.9 Å². The molecule has 1 unspecified atom stereocenters. The number of aliphatic hydroxyl groups excluding tert-OH is 1. The molecule has 0 bridgehead atoms. The van der Waals surface area contributed by atoms with E-state index in [1.807, 2.05) is 13.2 Å². The lowest BCUT2D eigenvalue weighted by atomic mass is 10.3. The van der Waals surface area contributed by atoms with E-state index in [2.05, 4.69) is 20.7 Å². The summed E-state index contributed by atoms with van der Waals surface area (Å²) in [6.45, 7) is 1.90. The van der Waals surface area contributed by atoms with Gasteiger partial charge in [-0.05, 0) is 13.2 Å². The molecule has 0 aromatic carbocycles. The number of aromatic nitrogens is 2. The van der Waals surface area contributed by atoms with E-state index in [-0.39, 0.29) is 12.6 Å². The lowest BCUT2D eigenvalue weighted by molar-refractivity contribution is 0.281. The van der Waals surface area contributed by atoms with Crippen LogP contribution in [0.5, 0.6) is 0 Å². The van der Waals surface area contributed by atoms with Gasteiger partial charge < -0.3 is 15.8 Å². The zero-order valence-corrected chi connectivity index (χ0v) is 9.51. The summed E-state index contributed by atoms with van der Waals surface area (Å²) in [7, 11) is 0. The molecule has 15 heavy (non-hydrogen) atoms. The first kappa shape index (κ1) is 12.0. The molecule has 0 aliphatic carbocycles. The second kappa shape index (κ2) is 5.74. The molecule has 0 amide bonds. The van der Waals surface area contributed by atoms with Gasteiger partial charge in [-0.2, -0.15) is 0 Å². The predicted octanol–water partition coefficient (Wildman–Crippen LogP) is 0.277. The first-order valence-electron chi connectivity index (χ1n) is 4.46. The van der Waals surface area contributed by atoms with Crippen molar-refractivity contribution in [2.24, 2.45) is 5.84 Å². The zero-order valence-electron chi connectivity index (χ0n) is 8.69. The first-order chi connectivity index (χ1) is 7.19. The highest BCUT2D eigenvalue weighted by Gasteiger charge is 2.05. The average molecular weight is 229 g/mol. The molecule has 84 valence electrons. The highest BCUT2D eigenvalue weighted by Crippen LogP contribution is 2.16. The minimum Gasteiger partial charge on any atom is -0.394 e. The van der Waals surface area contributed by atoms with Crippen molar-refractivity contribution in [2.75, 3.05) is 23.6 Å². The Bertz CT molecular complexity index is 300. The Morgan fingerprint density at radius 3 is 2.73 bits per heavy atom. The molecule has 0 aliphatic rings. The molecule has 0 fully saturated rings. The van der Waals surface area contributed by atoms with E-state index >= 15 is 0 Å². The highest BCUT2D eigenvalue weighted by molar-refractivity contribution is 7.98. The van der Waals surface area contributed by atoms with Crippen LogP contribution in [0.4, 0.5) is 11.6 Å². The SMILES string of the molecule is CSc1nc(NN)cc(NC(C)CO)n1. The number of nitrogens with one attached hydrogen (secondary N) is 2. The lowest BCUT2D eigenvalue weighted by Crippen LogP contribution is -2.20. The van der Waals surface area contributed by atoms with Crippen molar-refractivity contribution in [1.82, 2.24) is 9.97 Å². The summed E-state index contributed by atoms with van der Waals surface area (Å²) in [6.07, 6.45) is 1.88. The third-order valence-electron chi connectivity index (χ3n) is 1.70. The monoisotopic (exact) mass is 229 g/mol. The van der Waals surface area contributed by atoms with E-state index in [0.717, 1.165) is 0 Å². The summed E-state index contributed by atoms with van der Waals surface area (Å²) in [5.74, 6) is 6.46. The molecule has 6 nitrogen and oxygen atoms in total. The number of hydrogen-bond acceptors (Lipinski definition) is 7. The van der Waals surface area contributed by atoms with Crippen LogP contribution >= 0.6 is 11.8 Å². The number of nitrogen functional groups attached to an aromatic ring is 1. The maximum atomic E-state index is 8.90. The normalized spacial score (nSPS) is 12.3. The molecule has 1 aromatic rings. The van der Waals surface area contributed by atoms with Gasteiger partial charge in [0.05, 0.1) is 6.61 Å². The average Bonchev–Trinajstić information content (AvgIpc) is 2.28. The van der Waals surface area contributed by atoms with Gasteiger partial charge in [0.2, 0.25) is 0 Å². The van der Waals surface area contributed by atoms with Crippen molar-refractivity contribution in [1.29, 1.82) is 0 Å². The van der Waals surface area contributed by atoms with Gasteiger partial charge in [0.25, 0.3) is 0 Å². The van der Waals surface area contributed by atoms with Crippen LogP contribution in [0.2, 0.25) is 0 Å². The predicted molar refractivity (Wildman–Crippen MR) is 61.8 cm³/mol. The number of aliphatic hydroxyl groups is 1. The second-order valence-electron chi connectivity index (χ2n) is 3.00. The number of nitrogens with two attached hydrogens (primary N) is 1. The summed E-state index contributed by atoms with van der Waals surface area (Å²) >= 11 is 1.43. The fourth-order valence-corrected chi connectivity index (χ4v) is 1.34. The summed E-state index contributed by atoms with van der Waals surface area (Å²) in [5, 5.41) is 12.6. The number of hydrazine groups is 1. The van der Waals surface area contributed by atoms with Gasteiger partial charge in [-0.3, -0.25) is 0 Å². The molecule has 1 rings (SSSR count). The van der Waals surface area contributed by atoms with Crippen molar-refractivity contribution >= 4 is 23.4 Å². The van der Waals surface area contributed by atoms with E-state index < -0.39 is 0 Å². The van der Waals surface area contributed by atoms with Gasteiger partial charge in [0, 0.05) is 12.1 Å². The maximum Gasteiger partial charge on any atom is 0.191 e. The molecule has 0 saturated heterocycles. The van der Waals surface area contributed by atoms with E-state index in [1.165, 1.54) is 11.8 Å². The minimum atomic E-state index is -0.0553. The Hall–Kier alpha value is -1.05.